The van der Waals surface area contributed by atoms with Crippen molar-refractivity contribution in [3.63, 3.8) is 0 Å². The fourth-order valence-corrected chi connectivity index (χ4v) is 2.13. The molecule has 0 amide bonds. The number of nitrogens with one attached hydrogen (secondary N) is 1. The Morgan fingerprint density at radius 1 is 1.40 bits per heavy atom. The summed E-state index contributed by atoms with van der Waals surface area (Å²) in [6.45, 7) is 1.79. The molecule has 1 aliphatic carbocycles. The highest BCUT2D eigenvalue weighted by atomic mass is 19.1. The molecule has 2 nitrogen and oxygen atoms in total. The van der Waals surface area contributed by atoms with Crippen LogP contribution in [0.1, 0.15) is 24.8 Å². The Balaban J connectivity index is 2.13. The third-order valence-corrected chi connectivity index (χ3v) is 3.18. The predicted octanol–water partition coefficient (Wildman–Crippen LogP) is 2.43. The van der Waals surface area contributed by atoms with E-state index in [2.05, 4.69) is 5.32 Å². The first kappa shape index (κ1) is 10.4. The Bertz CT molecular complexity index is 351. The second-order valence-electron chi connectivity index (χ2n) is 4.26. The summed E-state index contributed by atoms with van der Waals surface area (Å²) in [7, 11) is 0. The van der Waals surface area contributed by atoms with Crippen molar-refractivity contribution in [3.8, 4) is 0 Å². The fraction of sp³-hybridized carbons (Fsp3) is 0.500. The van der Waals surface area contributed by atoms with Gasteiger partial charge >= 0.3 is 0 Å². The van der Waals surface area contributed by atoms with Gasteiger partial charge in [-0.3, -0.25) is 0 Å². The number of anilines is 1. The molecule has 0 saturated heterocycles. The molecule has 3 heteroatoms. The second kappa shape index (κ2) is 4.19. The van der Waals surface area contributed by atoms with Crippen molar-refractivity contribution < 1.29 is 4.39 Å². The van der Waals surface area contributed by atoms with Crippen LogP contribution < -0.4 is 11.1 Å². The van der Waals surface area contributed by atoms with E-state index in [1.807, 2.05) is 6.07 Å². The fourth-order valence-electron chi connectivity index (χ4n) is 2.13. The third-order valence-electron chi connectivity index (χ3n) is 3.18. The first-order valence-electron chi connectivity index (χ1n) is 5.45. The highest BCUT2D eigenvalue weighted by molar-refractivity contribution is 5.52. The largest absolute Gasteiger partial charge is 0.380 e. The molecule has 1 fully saturated rings. The lowest BCUT2D eigenvalue weighted by Crippen LogP contribution is -2.35. The normalized spacial score (nSPS) is 25.5. The quantitative estimate of drug-likeness (QED) is 0.783. The van der Waals surface area contributed by atoms with Crippen LogP contribution in [0.2, 0.25) is 0 Å². The van der Waals surface area contributed by atoms with Gasteiger partial charge in [-0.2, -0.15) is 0 Å². The molecular formula is C12H17FN2. The molecule has 0 aromatic heterocycles. The van der Waals surface area contributed by atoms with Crippen LogP contribution in [-0.4, -0.2) is 12.1 Å². The lowest BCUT2D eigenvalue weighted by atomic mass is 10.1. The van der Waals surface area contributed by atoms with E-state index in [9.17, 15) is 4.39 Å². The maximum Gasteiger partial charge on any atom is 0.128 e. The van der Waals surface area contributed by atoms with E-state index >= 15 is 0 Å². The minimum Gasteiger partial charge on any atom is -0.380 e. The van der Waals surface area contributed by atoms with E-state index in [1.165, 1.54) is 6.07 Å². The minimum atomic E-state index is -0.161. The summed E-state index contributed by atoms with van der Waals surface area (Å²) < 4.78 is 13.3. The van der Waals surface area contributed by atoms with E-state index in [1.54, 1.807) is 13.0 Å². The topological polar surface area (TPSA) is 38.0 Å². The Labute approximate surface area is 89.7 Å². The van der Waals surface area contributed by atoms with Crippen LogP contribution in [0.4, 0.5) is 10.1 Å². The van der Waals surface area contributed by atoms with Crippen LogP contribution in [0.5, 0.6) is 0 Å². The van der Waals surface area contributed by atoms with Crippen LogP contribution in [0.3, 0.4) is 0 Å². The molecule has 1 saturated carbocycles. The van der Waals surface area contributed by atoms with Crippen molar-refractivity contribution in [2.75, 3.05) is 5.32 Å². The molecule has 2 rings (SSSR count). The van der Waals surface area contributed by atoms with Gasteiger partial charge in [-0.1, -0.05) is 6.07 Å². The van der Waals surface area contributed by atoms with Gasteiger partial charge in [-0.15, -0.1) is 0 Å². The minimum absolute atomic E-state index is 0.161. The Hall–Kier alpha value is -1.09. The second-order valence-corrected chi connectivity index (χ2v) is 4.26. The summed E-state index contributed by atoms with van der Waals surface area (Å²) in [6, 6.07) is 5.61. The van der Waals surface area contributed by atoms with Gasteiger partial charge in [0.1, 0.15) is 5.82 Å². The van der Waals surface area contributed by atoms with E-state index in [0.717, 1.165) is 24.9 Å². The first-order valence-corrected chi connectivity index (χ1v) is 5.45. The molecule has 1 aromatic rings. The Morgan fingerprint density at radius 3 is 2.87 bits per heavy atom. The zero-order valence-electron chi connectivity index (χ0n) is 8.96. The predicted molar refractivity (Wildman–Crippen MR) is 60.4 cm³/mol. The summed E-state index contributed by atoms with van der Waals surface area (Å²) >= 11 is 0. The van der Waals surface area contributed by atoms with Crippen LogP contribution in [0, 0.1) is 12.7 Å². The average molecular weight is 208 g/mol. The van der Waals surface area contributed by atoms with Crippen molar-refractivity contribution in [1.29, 1.82) is 0 Å². The van der Waals surface area contributed by atoms with Gasteiger partial charge in [-0.05, 0) is 38.3 Å². The monoisotopic (exact) mass is 208 g/mol. The van der Waals surface area contributed by atoms with Gasteiger partial charge in [0.2, 0.25) is 0 Å². The van der Waals surface area contributed by atoms with E-state index in [4.69, 9.17) is 5.73 Å². The number of nitrogens with two attached hydrogens (primary N) is 1. The van der Waals surface area contributed by atoms with Crippen LogP contribution in [0.25, 0.3) is 0 Å². The molecule has 3 N–H and O–H groups in total. The zero-order valence-corrected chi connectivity index (χ0v) is 8.96. The summed E-state index contributed by atoms with van der Waals surface area (Å²) in [5.74, 6) is -0.161. The van der Waals surface area contributed by atoms with Crippen molar-refractivity contribution in [1.82, 2.24) is 0 Å². The van der Waals surface area contributed by atoms with Crippen LogP contribution in [0.15, 0.2) is 18.2 Å². The van der Waals surface area contributed by atoms with Crippen LogP contribution >= 0.6 is 0 Å². The third kappa shape index (κ3) is 2.12. The summed E-state index contributed by atoms with van der Waals surface area (Å²) in [4.78, 5) is 0. The molecule has 0 heterocycles. The zero-order chi connectivity index (χ0) is 10.8. The number of hydrogen-bond acceptors (Lipinski definition) is 2. The van der Waals surface area contributed by atoms with Gasteiger partial charge in [0.25, 0.3) is 0 Å². The molecule has 0 spiro atoms. The number of rotatable bonds is 2. The summed E-state index contributed by atoms with van der Waals surface area (Å²) in [5.41, 5.74) is 7.51. The molecule has 15 heavy (non-hydrogen) atoms. The van der Waals surface area contributed by atoms with Crippen molar-refractivity contribution in [2.24, 2.45) is 5.73 Å². The standard InChI is InChI=1S/C12H17FN2/c1-8-9(13)4-2-6-11(8)15-12-7-3-5-10(12)14/h2,4,6,10,12,15H,3,5,7,14H2,1H3. The maximum atomic E-state index is 13.3. The number of benzene rings is 1. The van der Waals surface area contributed by atoms with E-state index < -0.39 is 0 Å². The molecule has 82 valence electrons. The first-order chi connectivity index (χ1) is 7.18. The van der Waals surface area contributed by atoms with Crippen LogP contribution in [-0.2, 0) is 0 Å². The van der Waals surface area contributed by atoms with E-state index in [0.29, 0.717) is 11.6 Å². The summed E-state index contributed by atoms with van der Waals surface area (Å²) in [6.07, 6.45) is 3.30. The molecule has 1 aromatic carbocycles. The highest BCUT2D eigenvalue weighted by Gasteiger charge is 2.23. The Morgan fingerprint density at radius 2 is 2.20 bits per heavy atom. The lowest BCUT2D eigenvalue weighted by molar-refractivity contribution is 0.613. The maximum absolute atomic E-state index is 13.3. The van der Waals surface area contributed by atoms with Gasteiger partial charge < -0.3 is 11.1 Å². The molecule has 2 unspecified atom stereocenters. The van der Waals surface area contributed by atoms with Crippen molar-refractivity contribution in [3.05, 3.63) is 29.6 Å². The number of hydrogen-bond donors (Lipinski definition) is 2. The average Bonchev–Trinajstić information content (AvgIpc) is 2.60. The summed E-state index contributed by atoms with van der Waals surface area (Å²) in [5, 5.41) is 3.33. The van der Waals surface area contributed by atoms with Gasteiger partial charge in [0.05, 0.1) is 0 Å². The SMILES string of the molecule is Cc1c(F)cccc1NC1CCCC1N. The molecule has 0 bridgehead atoms. The van der Waals surface area contributed by atoms with Crippen molar-refractivity contribution in [2.45, 2.75) is 38.3 Å². The van der Waals surface area contributed by atoms with Gasteiger partial charge in [0, 0.05) is 23.3 Å². The van der Waals surface area contributed by atoms with Gasteiger partial charge in [-0.25, -0.2) is 4.39 Å². The van der Waals surface area contributed by atoms with Gasteiger partial charge in [0.15, 0.2) is 0 Å². The lowest BCUT2D eigenvalue weighted by Gasteiger charge is -2.20. The molecular weight excluding hydrogens is 191 g/mol. The highest BCUT2D eigenvalue weighted by Crippen LogP contribution is 2.24. The van der Waals surface area contributed by atoms with E-state index in [-0.39, 0.29) is 11.9 Å². The molecule has 0 aliphatic heterocycles. The Kier molecular flexibility index (Phi) is 2.91. The molecule has 0 radical (unpaired) electrons. The van der Waals surface area contributed by atoms with Crippen molar-refractivity contribution >= 4 is 5.69 Å². The smallest absolute Gasteiger partial charge is 0.128 e. The number of halogens is 1. The molecule has 1 aliphatic rings. The molecule has 2 atom stereocenters.